The van der Waals surface area contributed by atoms with Crippen molar-refractivity contribution in [2.75, 3.05) is 31.1 Å². The molecule has 0 atom stereocenters. The molecule has 0 bridgehead atoms. The summed E-state index contributed by atoms with van der Waals surface area (Å²) in [5.74, 6) is 0.632. The largest absolute Gasteiger partial charge is 0.368 e. The lowest BCUT2D eigenvalue weighted by Crippen LogP contribution is -2.48. The summed E-state index contributed by atoms with van der Waals surface area (Å²) in [6.07, 6.45) is 1.75. The number of carbonyl (C=O) groups excluding carboxylic acids is 1. The number of benzene rings is 1. The fourth-order valence-electron chi connectivity index (χ4n) is 3.81. The summed E-state index contributed by atoms with van der Waals surface area (Å²) in [5.41, 5.74) is 3.60. The van der Waals surface area contributed by atoms with Gasteiger partial charge in [-0.2, -0.15) is 0 Å². The Morgan fingerprint density at radius 2 is 1.71 bits per heavy atom. The van der Waals surface area contributed by atoms with E-state index < -0.39 is 0 Å². The van der Waals surface area contributed by atoms with Gasteiger partial charge in [0.05, 0.1) is 5.56 Å². The predicted octanol–water partition coefficient (Wildman–Crippen LogP) is 3.59. The van der Waals surface area contributed by atoms with Crippen LogP contribution in [0.3, 0.4) is 0 Å². The maximum atomic E-state index is 13.1. The van der Waals surface area contributed by atoms with Gasteiger partial charge in [0, 0.05) is 49.5 Å². The number of hydrogen-bond donors (Lipinski definition) is 0. The third-order valence-electron chi connectivity index (χ3n) is 5.30. The number of aryl methyl sites for hydroxylation is 1. The van der Waals surface area contributed by atoms with Gasteiger partial charge in [-0.25, -0.2) is 9.37 Å². The number of nitrogens with zero attached hydrogens (tertiary/aromatic N) is 4. The van der Waals surface area contributed by atoms with E-state index in [1.54, 1.807) is 18.3 Å². The molecule has 0 aliphatic carbocycles. The van der Waals surface area contributed by atoms with E-state index in [-0.39, 0.29) is 11.7 Å². The van der Waals surface area contributed by atoms with Gasteiger partial charge in [0.15, 0.2) is 0 Å². The highest BCUT2D eigenvalue weighted by Gasteiger charge is 2.25. The highest BCUT2D eigenvalue weighted by molar-refractivity contribution is 5.96. The predicted molar refractivity (Wildman–Crippen MR) is 108 cm³/mol. The van der Waals surface area contributed by atoms with Crippen LogP contribution in [-0.2, 0) is 0 Å². The van der Waals surface area contributed by atoms with Gasteiger partial charge in [-0.3, -0.25) is 4.79 Å². The van der Waals surface area contributed by atoms with Gasteiger partial charge in [-0.05, 0) is 56.3 Å². The zero-order valence-electron chi connectivity index (χ0n) is 16.1. The van der Waals surface area contributed by atoms with Crippen molar-refractivity contribution in [2.45, 2.75) is 13.8 Å². The molecule has 4 rings (SSSR count). The second-order valence-corrected chi connectivity index (χ2v) is 7.06. The van der Waals surface area contributed by atoms with Crippen LogP contribution in [-0.4, -0.2) is 46.5 Å². The lowest BCUT2D eigenvalue weighted by Gasteiger charge is -2.36. The maximum Gasteiger partial charge on any atom is 0.255 e. The van der Waals surface area contributed by atoms with E-state index >= 15 is 0 Å². The van der Waals surface area contributed by atoms with Crippen LogP contribution < -0.4 is 4.90 Å². The van der Waals surface area contributed by atoms with Crippen LogP contribution in [0.5, 0.6) is 0 Å². The smallest absolute Gasteiger partial charge is 0.255 e. The Kier molecular flexibility index (Phi) is 4.86. The average Bonchev–Trinajstić information content (AvgIpc) is 3.03. The molecule has 1 amide bonds. The van der Waals surface area contributed by atoms with Gasteiger partial charge < -0.3 is 14.4 Å². The SMILES string of the molecule is Cc1cc(C(=O)N2CCN(c3ccc(F)cc3)CC2)c(C)n1-c1ccccn1. The van der Waals surface area contributed by atoms with Crippen LogP contribution in [0.1, 0.15) is 21.7 Å². The zero-order valence-corrected chi connectivity index (χ0v) is 16.1. The quantitative estimate of drug-likeness (QED) is 0.699. The Bertz CT molecular complexity index is 974. The zero-order chi connectivity index (χ0) is 19.7. The molecule has 28 heavy (non-hydrogen) atoms. The van der Waals surface area contributed by atoms with Crippen molar-refractivity contribution in [3.63, 3.8) is 0 Å². The third-order valence-corrected chi connectivity index (χ3v) is 5.30. The van der Waals surface area contributed by atoms with Crippen LogP contribution >= 0.6 is 0 Å². The summed E-state index contributed by atoms with van der Waals surface area (Å²) >= 11 is 0. The molecule has 0 unspecified atom stereocenters. The Morgan fingerprint density at radius 3 is 2.36 bits per heavy atom. The molecule has 1 aromatic carbocycles. The standard InChI is InChI=1S/C22H23FN4O/c1-16-15-20(17(2)27(16)21-5-3-4-10-24-21)22(28)26-13-11-25(12-14-26)19-8-6-18(23)7-9-19/h3-10,15H,11-14H2,1-2H3. The molecule has 0 N–H and O–H groups in total. The molecule has 3 heterocycles. The number of halogens is 1. The Hall–Kier alpha value is -3.15. The molecule has 1 saturated heterocycles. The molecule has 0 radical (unpaired) electrons. The number of hydrogen-bond acceptors (Lipinski definition) is 3. The Balaban J connectivity index is 1.50. The summed E-state index contributed by atoms with van der Waals surface area (Å²) in [6.45, 7) is 6.70. The third kappa shape index (κ3) is 3.38. The molecule has 1 aliphatic rings. The first-order chi connectivity index (χ1) is 13.5. The highest BCUT2D eigenvalue weighted by atomic mass is 19.1. The molecule has 144 valence electrons. The molecule has 5 nitrogen and oxygen atoms in total. The van der Waals surface area contributed by atoms with Crippen molar-refractivity contribution >= 4 is 11.6 Å². The van der Waals surface area contributed by atoms with E-state index in [9.17, 15) is 9.18 Å². The van der Waals surface area contributed by atoms with E-state index in [2.05, 4.69) is 9.88 Å². The molecule has 1 fully saturated rings. The summed E-state index contributed by atoms with van der Waals surface area (Å²) in [4.78, 5) is 21.6. The first-order valence-corrected chi connectivity index (χ1v) is 9.45. The number of amides is 1. The normalized spacial score (nSPS) is 14.4. The van der Waals surface area contributed by atoms with Crippen LogP contribution in [0.15, 0.2) is 54.7 Å². The van der Waals surface area contributed by atoms with Gasteiger partial charge in [0.2, 0.25) is 0 Å². The monoisotopic (exact) mass is 378 g/mol. The molecule has 6 heteroatoms. The fourth-order valence-corrected chi connectivity index (χ4v) is 3.81. The summed E-state index contributed by atoms with van der Waals surface area (Å²) < 4.78 is 15.1. The van der Waals surface area contributed by atoms with Crippen molar-refractivity contribution in [1.29, 1.82) is 0 Å². The second-order valence-electron chi connectivity index (χ2n) is 7.06. The van der Waals surface area contributed by atoms with Crippen LogP contribution in [0.2, 0.25) is 0 Å². The summed E-state index contributed by atoms with van der Waals surface area (Å²) in [5, 5.41) is 0. The summed E-state index contributed by atoms with van der Waals surface area (Å²) in [7, 11) is 0. The van der Waals surface area contributed by atoms with Crippen molar-refractivity contribution < 1.29 is 9.18 Å². The minimum Gasteiger partial charge on any atom is -0.368 e. The first-order valence-electron chi connectivity index (χ1n) is 9.45. The van der Waals surface area contributed by atoms with Crippen molar-refractivity contribution in [3.05, 3.63) is 77.5 Å². The highest BCUT2D eigenvalue weighted by Crippen LogP contribution is 2.22. The Morgan fingerprint density at radius 1 is 1.00 bits per heavy atom. The number of rotatable bonds is 3. The topological polar surface area (TPSA) is 41.4 Å². The molecular formula is C22H23FN4O. The van der Waals surface area contributed by atoms with E-state index in [4.69, 9.17) is 0 Å². The van der Waals surface area contributed by atoms with Gasteiger partial charge >= 0.3 is 0 Å². The average molecular weight is 378 g/mol. The summed E-state index contributed by atoms with van der Waals surface area (Å²) in [6, 6.07) is 14.2. The number of aromatic nitrogens is 2. The molecule has 2 aromatic heterocycles. The molecular weight excluding hydrogens is 355 g/mol. The second kappa shape index (κ2) is 7.46. The lowest BCUT2D eigenvalue weighted by atomic mass is 10.2. The number of carbonyl (C=O) groups is 1. The van der Waals surface area contributed by atoms with E-state index in [0.29, 0.717) is 13.1 Å². The van der Waals surface area contributed by atoms with E-state index in [1.807, 2.05) is 47.6 Å². The van der Waals surface area contributed by atoms with Crippen LogP contribution in [0, 0.1) is 19.7 Å². The molecule has 0 spiro atoms. The van der Waals surface area contributed by atoms with Gasteiger partial charge in [-0.1, -0.05) is 6.07 Å². The Labute approximate surface area is 164 Å². The maximum absolute atomic E-state index is 13.1. The van der Waals surface area contributed by atoms with Crippen molar-refractivity contribution in [2.24, 2.45) is 0 Å². The van der Waals surface area contributed by atoms with Gasteiger partial charge in [0.1, 0.15) is 11.6 Å². The van der Waals surface area contributed by atoms with E-state index in [0.717, 1.165) is 41.5 Å². The molecule has 3 aromatic rings. The van der Waals surface area contributed by atoms with Crippen molar-refractivity contribution in [3.8, 4) is 5.82 Å². The van der Waals surface area contributed by atoms with Crippen molar-refractivity contribution in [1.82, 2.24) is 14.5 Å². The minimum atomic E-state index is -0.235. The number of pyridine rings is 1. The molecule has 1 aliphatic heterocycles. The van der Waals surface area contributed by atoms with Crippen LogP contribution in [0.4, 0.5) is 10.1 Å². The van der Waals surface area contributed by atoms with Crippen LogP contribution in [0.25, 0.3) is 5.82 Å². The minimum absolute atomic E-state index is 0.0500. The first kappa shape index (κ1) is 18.2. The van der Waals surface area contributed by atoms with Gasteiger partial charge in [0.25, 0.3) is 5.91 Å². The molecule has 0 saturated carbocycles. The number of anilines is 1. The lowest BCUT2D eigenvalue weighted by molar-refractivity contribution is 0.0746. The number of piperazine rings is 1. The van der Waals surface area contributed by atoms with Gasteiger partial charge in [-0.15, -0.1) is 0 Å². The fraction of sp³-hybridized carbons (Fsp3) is 0.273. The van der Waals surface area contributed by atoms with E-state index in [1.165, 1.54) is 12.1 Å².